The molecule has 0 saturated heterocycles. The number of para-hydroxylation sites is 1. The summed E-state index contributed by atoms with van der Waals surface area (Å²) >= 11 is 0. The Labute approximate surface area is 144 Å². The fraction of sp³-hybridized carbons (Fsp3) is 0.176. The van der Waals surface area contributed by atoms with E-state index in [-0.39, 0.29) is 5.69 Å². The summed E-state index contributed by atoms with van der Waals surface area (Å²) in [4.78, 5) is 19.4. The number of aromatic nitrogens is 2. The summed E-state index contributed by atoms with van der Waals surface area (Å²) in [6.45, 7) is 2.92. The van der Waals surface area contributed by atoms with Crippen LogP contribution in [-0.4, -0.2) is 21.4 Å². The van der Waals surface area contributed by atoms with Crippen LogP contribution in [0.2, 0.25) is 0 Å². The molecule has 3 aromatic rings. The van der Waals surface area contributed by atoms with Gasteiger partial charge in [0.15, 0.2) is 0 Å². The Morgan fingerprint density at radius 3 is 2.72 bits per heavy atom. The van der Waals surface area contributed by atoms with Gasteiger partial charge in [-0.1, -0.05) is 18.2 Å². The highest BCUT2D eigenvalue weighted by Gasteiger charge is 2.17. The van der Waals surface area contributed by atoms with Crippen molar-refractivity contribution in [1.29, 1.82) is 0 Å². The molecule has 0 saturated carbocycles. The molecule has 0 unspecified atom stereocenters. The first kappa shape index (κ1) is 16.4. The summed E-state index contributed by atoms with van der Waals surface area (Å²) in [5.41, 5.74) is 8.60. The second-order valence-electron chi connectivity index (χ2n) is 5.45. The summed E-state index contributed by atoms with van der Waals surface area (Å²) in [6.07, 6.45) is 1.43. The Balaban J connectivity index is 1.99. The largest absolute Gasteiger partial charge is 0.398 e. The maximum absolute atomic E-state index is 11.4. The average Bonchev–Trinajstić information content (AvgIpc) is 2.60. The molecule has 3 rings (SSSR count). The van der Waals surface area contributed by atoms with E-state index in [0.29, 0.717) is 41.2 Å². The molecule has 0 aliphatic carbocycles. The molecule has 128 valence electrons. The Morgan fingerprint density at radius 2 is 2.00 bits per heavy atom. The fourth-order valence-corrected chi connectivity index (χ4v) is 2.59. The van der Waals surface area contributed by atoms with Crippen LogP contribution >= 0.6 is 0 Å². The van der Waals surface area contributed by atoms with Gasteiger partial charge in [-0.2, -0.15) is 0 Å². The first-order valence-electron chi connectivity index (χ1n) is 7.84. The van der Waals surface area contributed by atoms with Crippen molar-refractivity contribution < 1.29 is 4.92 Å². The number of nitrogens with one attached hydrogen (secondary N) is 2. The van der Waals surface area contributed by atoms with Gasteiger partial charge >= 0.3 is 0 Å². The van der Waals surface area contributed by atoms with E-state index in [2.05, 4.69) is 20.6 Å². The Morgan fingerprint density at radius 1 is 1.20 bits per heavy atom. The second kappa shape index (κ2) is 7.00. The number of nitro groups is 1. The average molecular weight is 338 g/mol. The van der Waals surface area contributed by atoms with Crippen LogP contribution in [0.4, 0.5) is 22.9 Å². The molecule has 0 bridgehead atoms. The van der Waals surface area contributed by atoms with Gasteiger partial charge in [-0.15, -0.1) is 0 Å². The summed E-state index contributed by atoms with van der Waals surface area (Å²) in [5, 5.41) is 18.1. The quantitative estimate of drug-likeness (QED) is 0.359. The number of rotatable bonds is 6. The van der Waals surface area contributed by atoms with Gasteiger partial charge in [0.25, 0.3) is 5.69 Å². The van der Waals surface area contributed by atoms with Gasteiger partial charge in [-0.05, 0) is 24.6 Å². The van der Waals surface area contributed by atoms with Gasteiger partial charge in [0, 0.05) is 30.2 Å². The van der Waals surface area contributed by atoms with Gasteiger partial charge in [0.05, 0.1) is 10.4 Å². The molecule has 0 aliphatic heterocycles. The number of nitrogens with zero attached hydrogens (tertiary/aromatic N) is 3. The molecule has 0 aliphatic rings. The lowest BCUT2D eigenvalue weighted by Crippen LogP contribution is -2.06. The number of benzene rings is 2. The number of hydrogen-bond acceptors (Lipinski definition) is 7. The minimum atomic E-state index is -0.413. The molecule has 0 amide bonds. The van der Waals surface area contributed by atoms with Crippen molar-refractivity contribution in [3.63, 3.8) is 0 Å². The third kappa shape index (κ3) is 3.42. The molecule has 0 radical (unpaired) electrons. The van der Waals surface area contributed by atoms with Crippen molar-refractivity contribution in [2.24, 2.45) is 0 Å². The molecular weight excluding hydrogens is 320 g/mol. The van der Waals surface area contributed by atoms with Crippen LogP contribution in [0.25, 0.3) is 10.9 Å². The van der Waals surface area contributed by atoms with Crippen molar-refractivity contribution in [3.8, 4) is 0 Å². The Hall–Kier alpha value is -3.42. The van der Waals surface area contributed by atoms with Crippen LogP contribution < -0.4 is 16.4 Å². The lowest BCUT2D eigenvalue weighted by molar-refractivity contribution is -0.383. The lowest BCUT2D eigenvalue weighted by atomic mass is 10.1. The third-order valence-corrected chi connectivity index (χ3v) is 3.82. The normalized spacial score (nSPS) is 10.6. The third-order valence-electron chi connectivity index (χ3n) is 3.82. The second-order valence-corrected chi connectivity index (χ2v) is 5.45. The number of nitro benzene ring substituents is 1. The van der Waals surface area contributed by atoms with Crippen LogP contribution in [-0.2, 0) is 6.54 Å². The molecule has 0 atom stereocenters. The van der Waals surface area contributed by atoms with Crippen LogP contribution in [0.1, 0.15) is 12.5 Å². The Bertz CT molecular complexity index is 928. The van der Waals surface area contributed by atoms with E-state index in [1.54, 1.807) is 6.07 Å². The molecular formula is C17H18N6O2. The molecule has 25 heavy (non-hydrogen) atoms. The van der Waals surface area contributed by atoms with E-state index in [1.807, 2.05) is 31.2 Å². The minimum absolute atomic E-state index is 0.00794. The summed E-state index contributed by atoms with van der Waals surface area (Å²) in [7, 11) is 0. The zero-order valence-electron chi connectivity index (χ0n) is 13.7. The fourth-order valence-electron chi connectivity index (χ4n) is 2.59. The number of anilines is 3. The molecule has 8 nitrogen and oxygen atoms in total. The van der Waals surface area contributed by atoms with Crippen LogP contribution in [0.15, 0.2) is 42.7 Å². The predicted octanol–water partition coefficient (Wildman–Crippen LogP) is 3.16. The standard InChI is InChI=1S/C17H18N6O2/c1-2-19-15-8-14-12(7-16(15)23(24)25)17(22-10-21-14)20-9-11-5-3-4-6-13(11)18/h3-8,10,19H,2,9,18H2,1H3,(H,20,21,22). The van der Waals surface area contributed by atoms with E-state index < -0.39 is 4.92 Å². The Kier molecular flexibility index (Phi) is 4.60. The zero-order chi connectivity index (χ0) is 17.8. The molecule has 1 heterocycles. The highest BCUT2D eigenvalue weighted by molar-refractivity contribution is 5.94. The monoisotopic (exact) mass is 338 g/mol. The maximum Gasteiger partial charge on any atom is 0.293 e. The van der Waals surface area contributed by atoms with Gasteiger partial charge < -0.3 is 16.4 Å². The summed E-state index contributed by atoms with van der Waals surface area (Å²) in [5.74, 6) is 0.527. The van der Waals surface area contributed by atoms with Gasteiger partial charge in [-0.25, -0.2) is 9.97 Å². The molecule has 8 heteroatoms. The van der Waals surface area contributed by atoms with Crippen LogP contribution in [0.5, 0.6) is 0 Å². The van der Waals surface area contributed by atoms with Crippen molar-refractivity contribution in [1.82, 2.24) is 9.97 Å². The zero-order valence-corrected chi connectivity index (χ0v) is 13.7. The van der Waals surface area contributed by atoms with Gasteiger partial charge in [-0.3, -0.25) is 10.1 Å². The number of nitrogen functional groups attached to an aromatic ring is 1. The lowest BCUT2D eigenvalue weighted by Gasteiger charge is -2.11. The molecule has 0 spiro atoms. The smallest absolute Gasteiger partial charge is 0.293 e. The summed E-state index contributed by atoms with van der Waals surface area (Å²) < 4.78 is 0. The van der Waals surface area contributed by atoms with E-state index in [9.17, 15) is 10.1 Å². The number of fused-ring (bicyclic) bond motifs is 1. The van der Waals surface area contributed by atoms with Crippen LogP contribution in [0, 0.1) is 10.1 Å². The van der Waals surface area contributed by atoms with Gasteiger partial charge in [0.2, 0.25) is 0 Å². The van der Waals surface area contributed by atoms with Gasteiger partial charge in [0.1, 0.15) is 17.8 Å². The predicted molar refractivity (Wildman–Crippen MR) is 98.5 cm³/mol. The molecule has 0 fully saturated rings. The maximum atomic E-state index is 11.4. The highest BCUT2D eigenvalue weighted by Crippen LogP contribution is 2.32. The molecule has 4 N–H and O–H groups in total. The topological polar surface area (TPSA) is 119 Å². The van der Waals surface area contributed by atoms with E-state index in [4.69, 9.17) is 5.73 Å². The van der Waals surface area contributed by atoms with Crippen molar-refractivity contribution in [2.45, 2.75) is 13.5 Å². The SMILES string of the molecule is CCNc1cc2ncnc(NCc3ccccc3N)c2cc1[N+](=O)[O-]. The van der Waals surface area contributed by atoms with E-state index in [1.165, 1.54) is 12.4 Å². The van der Waals surface area contributed by atoms with E-state index >= 15 is 0 Å². The van der Waals surface area contributed by atoms with Crippen LogP contribution in [0.3, 0.4) is 0 Å². The first-order valence-corrected chi connectivity index (χ1v) is 7.84. The van der Waals surface area contributed by atoms with Crippen molar-refractivity contribution in [3.05, 3.63) is 58.4 Å². The molecule has 2 aromatic carbocycles. The first-order chi connectivity index (χ1) is 12.1. The highest BCUT2D eigenvalue weighted by atomic mass is 16.6. The molecule has 1 aromatic heterocycles. The van der Waals surface area contributed by atoms with Crippen molar-refractivity contribution in [2.75, 3.05) is 22.9 Å². The number of nitrogens with two attached hydrogens (primary N) is 1. The van der Waals surface area contributed by atoms with Crippen molar-refractivity contribution >= 4 is 33.8 Å². The summed E-state index contributed by atoms with van der Waals surface area (Å²) in [6, 6.07) is 10.7. The number of hydrogen-bond donors (Lipinski definition) is 3. The van der Waals surface area contributed by atoms with E-state index in [0.717, 1.165) is 5.56 Å². The minimum Gasteiger partial charge on any atom is -0.398 e.